The third-order valence-corrected chi connectivity index (χ3v) is 8.70. The molecule has 1 fully saturated rings. The number of carbonyl (C=O) groups is 2. The Morgan fingerprint density at radius 2 is 1.76 bits per heavy atom. The summed E-state index contributed by atoms with van der Waals surface area (Å²) in [6, 6.07) is 22.6. The summed E-state index contributed by atoms with van der Waals surface area (Å²) in [5, 5.41) is 3.98. The summed E-state index contributed by atoms with van der Waals surface area (Å²) in [6.07, 6.45) is 5.64. The van der Waals surface area contributed by atoms with Crippen molar-refractivity contribution in [1.82, 2.24) is 14.9 Å². The second-order valence-electron chi connectivity index (χ2n) is 11.1. The van der Waals surface area contributed by atoms with Crippen molar-refractivity contribution in [2.24, 2.45) is 5.92 Å². The summed E-state index contributed by atoms with van der Waals surface area (Å²) in [5.41, 5.74) is 5.40. The normalized spacial score (nSPS) is 21.0. The lowest BCUT2D eigenvalue weighted by molar-refractivity contribution is -0.120. The van der Waals surface area contributed by atoms with Crippen molar-refractivity contribution in [1.29, 1.82) is 0 Å². The number of carbonyl (C=O) groups excluding carboxylic acids is 2. The summed E-state index contributed by atoms with van der Waals surface area (Å²) in [6.45, 7) is 3.03. The van der Waals surface area contributed by atoms with E-state index in [4.69, 9.17) is 4.98 Å². The zero-order valence-electron chi connectivity index (χ0n) is 21.3. The first-order chi connectivity index (χ1) is 18.6. The molecule has 6 nitrogen and oxygen atoms in total. The van der Waals surface area contributed by atoms with Gasteiger partial charge in [0.05, 0.1) is 10.9 Å². The highest BCUT2D eigenvalue weighted by molar-refractivity contribution is 6.06. The largest absolute Gasteiger partial charge is 0.310 e. The topological polar surface area (TPSA) is 75.2 Å². The molecule has 1 N–H and O–H groups in total. The van der Waals surface area contributed by atoms with E-state index in [-0.39, 0.29) is 11.7 Å². The van der Waals surface area contributed by atoms with Gasteiger partial charge in [0.1, 0.15) is 11.5 Å². The molecule has 2 aromatic heterocycles. The highest BCUT2D eigenvalue weighted by Crippen LogP contribution is 2.47. The molecule has 3 aliphatic rings. The molecule has 1 spiro atoms. The van der Waals surface area contributed by atoms with Crippen LogP contribution >= 0.6 is 0 Å². The standard InChI is InChI=1S/C32H30N4O2/c37-29(15-21-10-13-36(14-11-21)20-22-5-2-1-3-6-22)27-9-8-23-16-24-18-32(19-25(24)17-28(23)34-27)26-7-4-12-33-30(26)35-31(32)38/h1-9,12,16-17,21H,10-11,13-15,18-20H2,(H,33,35,38). The van der Waals surface area contributed by atoms with E-state index in [9.17, 15) is 9.59 Å². The average Bonchev–Trinajstić information content (AvgIpc) is 3.45. The molecule has 1 unspecified atom stereocenters. The van der Waals surface area contributed by atoms with Crippen LogP contribution in [0, 0.1) is 5.92 Å². The summed E-state index contributed by atoms with van der Waals surface area (Å²) in [5.74, 6) is 1.22. The SMILES string of the molecule is O=C(CC1CCN(Cc2ccccc2)CC1)c1ccc2cc3c(cc2n1)CC1(C3)C(=O)Nc2ncccc21. The molecule has 0 saturated carbocycles. The second kappa shape index (κ2) is 9.14. The fourth-order valence-corrected chi connectivity index (χ4v) is 6.61. The number of anilines is 1. The number of hydrogen-bond acceptors (Lipinski definition) is 5. The molecular formula is C32H30N4O2. The maximum atomic E-state index is 13.2. The van der Waals surface area contributed by atoms with Gasteiger partial charge in [0.2, 0.25) is 5.91 Å². The van der Waals surface area contributed by atoms with Crippen LogP contribution in [0.5, 0.6) is 0 Å². The van der Waals surface area contributed by atoms with Gasteiger partial charge in [0.25, 0.3) is 0 Å². The van der Waals surface area contributed by atoms with Crippen LogP contribution in [0.3, 0.4) is 0 Å². The number of likely N-dealkylation sites (tertiary alicyclic amines) is 1. The fraction of sp³-hybridized carbons (Fsp3) is 0.312. The van der Waals surface area contributed by atoms with Crippen LogP contribution in [-0.4, -0.2) is 39.6 Å². The van der Waals surface area contributed by atoms with Gasteiger partial charge in [-0.25, -0.2) is 9.97 Å². The Hall–Kier alpha value is -3.90. The highest BCUT2D eigenvalue weighted by atomic mass is 16.2. The zero-order chi connectivity index (χ0) is 25.7. The van der Waals surface area contributed by atoms with Crippen LogP contribution in [0.2, 0.25) is 0 Å². The first-order valence-corrected chi connectivity index (χ1v) is 13.6. The summed E-state index contributed by atoms with van der Waals surface area (Å²) in [7, 11) is 0. The number of hydrogen-bond donors (Lipinski definition) is 1. The van der Waals surface area contributed by atoms with Gasteiger partial charge in [0, 0.05) is 30.1 Å². The number of rotatable bonds is 5. The van der Waals surface area contributed by atoms with Gasteiger partial charge in [-0.2, -0.15) is 0 Å². The molecule has 38 heavy (non-hydrogen) atoms. The number of nitrogens with one attached hydrogen (secondary N) is 1. The first kappa shape index (κ1) is 23.2. The number of aromatic nitrogens is 2. The van der Waals surface area contributed by atoms with E-state index in [0.29, 0.717) is 36.7 Å². The average molecular weight is 503 g/mol. The van der Waals surface area contributed by atoms with E-state index < -0.39 is 5.41 Å². The third-order valence-electron chi connectivity index (χ3n) is 8.70. The first-order valence-electron chi connectivity index (χ1n) is 13.6. The van der Waals surface area contributed by atoms with Gasteiger partial charge < -0.3 is 5.32 Å². The Balaban J connectivity index is 1.05. The predicted octanol–water partition coefficient (Wildman–Crippen LogP) is 5.10. The lowest BCUT2D eigenvalue weighted by Gasteiger charge is -2.31. The van der Waals surface area contributed by atoms with Gasteiger partial charge in [-0.15, -0.1) is 0 Å². The minimum absolute atomic E-state index is 0.0186. The van der Waals surface area contributed by atoms with Gasteiger partial charge in [-0.1, -0.05) is 42.5 Å². The van der Waals surface area contributed by atoms with Crippen molar-refractivity contribution in [3.05, 3.63) is 101 Å². The van der Waals surface area contributed by atoms with Gasteiger partial charge >= 0.3 is 0 Å². The van der Waals surface area contributed by atoms with Crippen LogP contribution in [0.4, 0.5) is 5.82 Å². The molecule has 4 aromatic rings. The summed E-state index contributed by atoms with van der Waals surface area (Å²) < 4.78 is 0. The lowest BCUT2D eigenvalue weighted by Crippen LogP contribution is -2.35. The Morgan fingerprint density at radius 1 is 0.974 bits per heavy atom. The van der Waals surface area contributed by atoms with Crippen molar-refractivity contribution in [2.45, 2.75) is 44.1 Å². The van der Waals surface area contributed by atoms with Crippen molar-refractivity contribution < 1.29 is 9.59 Å². The number of Topliss-reactive ketones (excluding diaryl/α,β-unsaturated/α-hetero) is 1. The van der Waals surface area contributed by atoms with Gasteiger partial charge in [-0.05, 0) is 85.6 Å². The van der Waals surface area contributed by atoms with E-state index in [1.54, 1.807) is 6.20 Å². The summed E-state index contributed by atoms with van der Waals surface area (Å²) >= 11 is 0. The van der Waals surface area contributed by atoms with E-state index in [0.717, 1.165) is 54.5 Å². The van der Waals surface area contributed by atoms with E-state index in [1.165, 1.54) is 11.1 Å². The summed E-state index contributed by atoms with van der Waals surface area (Å²) in [4.78, 5) is 37.9. The third kappa shape index (κ3) is 4.00. The van der Waals surface area contributed by atoms with Gasteiger partial charge in [-0.3, -0.25) is 14.5 Å². The molecule has 1 saturated heterocycles. The van der Waals surface area contributed by atoms with Crippen LogP contribution in [0.1, 0.15) is 52.0 Å². The fourth-order valence-electron chi connectivity index (χ4n) is 6.61. The van der Waals surface area contributed by atoms with E-state index >= 15 is 0 Å². The van der Waals surface area contributed by atoms with Crippen molar-refractivity contribution in [2.75, 3.05) is 18.4 Å². The Labute approximate surface area is 222 Å². The molecule has 0 radical (unpaired) electrons. The zero-order valence-corrected chi connectivity index (χ0v) is 21.3. The van der Waals surface area contributed by atoms with Gasteiger partial charge in [0.15, 0.2) is 5.78 Å². The Kier molecular flexibility index (Phi) is 5.59. The molecular weight excluding hydrogens is 472 g/mol. The van der Waals surface area contributed by atoms with E-state index in [1.807, 2.05) is 24.3 Å². The molecule has 7 rings (SSSR count). The van der Waals surface area contributed by atoms with Crippen molar-refractivity contribution >= 4 is 28.4 Å². The molecule has 190 valence electrons. The Bertz CT molecular complexity index is 1560. The monoisotopic (exact) mass is 502 g/mol. The molecule has 1 aliphatic carbocycles. The molecule has 4 heterocycles. The maximum Gasteiger partial charge on any atom is 0.237 e. The van der Waals surface area contributed by atoms with Crippen LogP contribution < -0.4 is 5.32 Å². The number of benzene rings is 2. The molecule has 2 aromatic carbocycles. The minimum atomic E-state index is -0.600. The number of fused-ring (bicyclic) bond motifs is 4. The molecule has 6 heteroatoms. The van der Waals surface area contributed by atoms with Crippen molar-refractivity contribution in [3.63, 3.8) is 0 Å². The predicted molar refractivity (Wildman–Crippen MR) is 147 cm³/mol. The van der Waals surface area contributed by atoms with Crippen molar-refractivity contribution in [3.8, 4) is 0 Å². The van der Waals surface area contributed by atoms with E-state index in [2.05, 4.69) is 57.7 Å². The molecule has 0 bridgehead atoms. The highest BCUT2D eigenvalue weighted by Gasteiger charge is 2.51. The number of nitrogens with zero attached hydrogens (tertiary/aromatic N) is 3. The number of ketones is 1. The molecule has 1 amide bonds. The van der Waals surface area contributed by atoms with Crippen LogP contribution in [-0.2, 0) is 29.6 Å². The van der Waals surface area contributed by atoms with Crippen LogP contribution in [0.25, 0.3) is 10.9 Å². The maximum absolute atomic E-state index is 13.2. The minimum Gasteiger partial charge on any atom is -0.310 e. The number of pyridine rings is 2. The number of piperidine rings is 1. The lowest BCUT2D eigenvalue weighted by atomic mass is 9.79. The number of amides is 1. The molecule has 2 aliphatic heterocycles. The second-order valence-corrected chi connectivity index (χ2v) is 11.1. The smallest absolute Gasteiger partial charge is 0.237 e. The Morgan fingerprint density at radius 3 is 2.58 bits per heavy atom. The quantitative estimate of drug-likeness (QED) is 0.384. The van der Waals surface area contributed by atoms with Crippen LogP contribution in [0.15, 0.2) is 72.9 Å². The molecule has 1 atom stereocenters.